The van der Waals surface area contributed by atoms with Gasteiger partial charge in [-0.15, -0.1) is 0 Å². The Morgan fingerprint density at radius 3 is 1.12 bits per heavy atom. The highest BCUT2D eigenvalue weighted by atomic mass is 19.4. The molecule has 0 N–H and O–H groups in total. The summed E-state index contributed by atoms with van der Waals surface area (Å²) in [5.74, 6) is -49.4. The zero-order valence-electron chi connectivity index (χ0n) is 11.8. The van der Waals surface area contributed by atoms with E-state index in [0.717, 1.165) is 0 Å². The lowest BCUT2D eigenvalue weighted by Crippen LogP contribution is -2.66. The van der Waals surface area contributed by atoms with E-state index in [9.17, 15) is 70.2 Å². The molecule has 0 radical (unpaired) electrons. The Hall–Kier alpha value is -1.12. The first kappa shape index (κ1) is 24.9. The highest BCUT2D eigenvalue weighted by Crippen LogP contribution is 2.58. The van der Waals surface area contributed by atoms with Gasteiger partial charge >= 0.3 is 47.9 Å². The topological polar surface area (TPSA) is 0 Å². The van der Waals surface area contributed by atoms with Gasteiger partial charge in [-0.3, -0.25) is 0 Å². The molecule has 0 saturated heterocycles. The summed E-state index contributed by atoms with van der Waals surface area (Å²) in [6.45, 7) is -0.962. The van der Waals surface area contributed by atoms with Crippen molar-refractivity contribution in [3.05, 3.63) is 0 Å². The van der Waals surface area contributed by atoms with E-state index in [2.05, 4.69) is 0 Å². The average molecular weight is 430 g/mol. The Morgan fingerprint density at radius 1 is 0.538 bits per heavy atom. The Kier molecular flexibility index (Phi) is 5.94. The monoisotopic (exact) mass is 430 g/mol. The molecule has 0 aromatic heterocycles. The first-order chi connectivity index (χ1) is 10.9. The highest BCUT2D eigenvalue weighted by Gasteiger charge is 2.85. The van der Waals surface area contributed by atoms with Crippen LogP contribution in [0.25, 0.3) is 0 Å². The Bertz CT molecular complexity index is 498. The van der Waals surface area contributed by atoms with Gasteiger partial charge in [-0.05, 0) is 0 Å². The minimum Gasteiger partial charge on any atom is -0.203 e. The van der Waals surface area contributed by atoms with E-state index in [1.807, 2.05) is 0 Å². The van der Waals surface area contributed by atoms with Crippen LogP contribution in [-0.4, -0.2) is 47.9 Å². The lowest BCUT2D eigenvalue weighted by atomic mass is 9.91. The fraction of sp³-hybridized carbons (Fsp3) is 1.00. The maximum atomic E-state index is 13.0. The molecule has 0 spiro atoms. The molecule has 0 bridgehead atoms. The fourth-order valence-electron chi connectivity index (χ4n) is 1.40. The molecule has 0 aromatic carbocycles. The summed E-state index contributed by atoms with van der Waals surface area (Å²) < 4.78 is 202. The summed E-state index contributed by atoms with van der Waals surface area (Å²) in [4.78, 5) is 0. The van der Waals surface area contributed by atoms with Crippen molar-refractivity contribution in [3.63, 3.8) is 0 Å². The van der Waals surface area contributed by atoms with E-state index >= 15 is 0 Å². The third-order valence-corrected chi connectivity index (χ3v) is 3.00. The van der Waals surface area contributed by atoms with Crippen molar-refractivity contribution < 1.29 is 70.2 Å². The molecular weight excluding hydrogens is 424 g/mol. The van der Waals surface area contributed by atoms with Crippen LogP contribution < -0.4 is 0 Å². The molecule has 0 unspecified atom stereocenters. The maximum absolute atomic E-state index is 13.0. The molecule has 0 atom stereocenters. The minimum absolute atomic E-state index is 0.962. The fourth-order valence-corrected chi connectivity index (χ4v) is 1.40. The second kappa shape index (κ2) is 6.21. The van der Waals surface area contributed by atoms with Crippen LogP contribution in [-0.2, 0) is 0 Å². The number of rotatable bonds is 8. The largest absolute Gasteiger partial charge is 0.384 e. The van der Waals surface area contributed by atoms with Crippen LogP contribution in [0, 0.1) is 0 Å². The lowest BCUT2D eigenvalue weighted by Gasteiger charge is -2.39. The van der Waals surface area contributed by atoms with Crippen molar-refractivity contribution in [2.75, 3.05) is 0 Å². The molecule has 0 rings (SSSR count). The maximum Gasteiger partial charge on any atom is 0.384 e. The van der Waals surface area contributed by atoms with Gasteiger partial charge < -0.3 is 0 Å². The van der Waals surface area contributed by atoms with E-state index in [1.54, 1.807) is 0 Å². The van der Waals surface area contributed by atoms with Gasteiger partial charge in [-0.1, -0.05) is 0 Å². The summed E-state index contributed by atoms with van der Waals surface area (Å²) >= 11 is 0. The lowest BCUT2D eigenvalue weighted by molar-refractivity contribution is -0.397. The van der Waals surface area contributed by atoms with Crippen LogP contribution in [0.15, 0.2) is 0 Å². The highest BCUT2D eigenvalue weighted by molar-refractivity contribution is 5.07. The van der Waals surface area contributed by atoms with E-state index in [-0.39, 0.29) is 0 Å². The van der Waals surface area contributed by atoms with Gasteiger partial charge in [0.05, 0.1) is 6.42 Å². The third kappa shape index (κ3) is 3.51. The van der Waals surface area contributed by atoms with E-state index in [0.29, 0.717) is 0 Å². The van der Waals surface area contributed by atoms with Gasteiger partial charge in [0.25, 0.3) is 0 Å². The molecule has 0 aliphatic heterocycles. The van der Waals surface area contributed by atoms with Crippen LogP contribution >= 0.6 is 0 Å². The summed E-state index contributed by atoms with van der Waals surface area (Å²) in [5, 5.41) is 0. The van der Waals surface area contributed by atoms with Gasteiger partial charge in [0.2, 0.25) is 0 Å². The molecule has 0 aliphatic rings. The summed E-state index contributed by atoms with van der Waals surface area (Å²) in [6.07, 6.45) is -10.2. The molecule has 26 heavy (non-hydrogen) atoms. The van der Waals surface area contributed by atoms with Crippen LogP contribution in [0.1, 0.15) is 13.3 Å². The standard InChI is InChI=1S/C10H6F16/c1-4(13,14)8(21,22)5(15,16)2-6(17,18)9(23,24)10(25,26)7(19,20)3(11)12/h3H,2H2,1H3. The molecule has 0 aromatic rings. The van der Waals surface area contributed by atoms with Crippen molar-refractivity contribution in [3.8, 4) is 0 Å². The Balaban J connectivity index is 6.10. The molecule has 0 amide bonds. The van der Waals surface area contributed by atoms with Crippen molar-refractivity contribution >= 4 is 0 Å². The normalized spacial score (nSPS) is 16.4. The summed E-state index contributed by atoms with van der Waals surface area (Å²) in [5.41, 5.74) is 0. The molecule has 0 fully saturated rings. The zero-order valence-corrected chi connectivity index (χ0v) is 11.8. The van der Waals surface area contributed by atoms with E-state index < -0.39 is 61.2 Å². The van der Waals surface area contributed by atoms with Crippen molar-refractivity contribution in [1.29, 1.82) is 0 Å². The number of halogens is 16. The van der Waals surface area contributed by atoms with E-state index in [4.69, 9.17) is 0 Å². The van der Waals surface area contributed by atoms with Crippen LogP contribution in [0.5, 0.6) is 0 Å². The molecule has 0 aliphatic carbocycles. The van der Waals surface area contributed by atoms with Crippen LogP contribution in [0.4, 0.5) is 70.2 Å². The Labute approximate surface area is 133 Å². The molecule has 0 saturated carbocycles. The molecule has 16 heteroatoms. The van der Waals surface area contributed by atoms with E-state index in [1.165, 1.54) is 0 Å². The van der Waals surface area contributed by atoms with Gasteiger partial charge in [0.1, 0.15) is 0 Å². The molecule has 158 valence electrons. The SMILES string of the molecule is CC(F)(F)C(F)(F)C(F)(F)CC(F)(F)C(F)(F)C(F)(F)C(F)(F)C(F)F. The quantitative estimate of drug-likeness (QED) is 0.408. The second-order valence-electron chi connectivity index (χ2n) is 5.12. The van der Waals surface area contributed by atoms with Crippen LogP contribution in [0.2, 0.25) is 0 Å². The van der Waals surface area contributed by atoms with Gasteiger partial charge in [0, 0.05) is 6.92 Å². The number of hydrogen-bond acceptors (Lipinski definition) is 0. The predicted octanol–water partition coefficient (Wildman–Crippen LogP) is 6.11. The van der Waals surface area contributed by atoms with Gasteiger partial charge in [-0.2, -0.15) is 61.5 Å². The minimum atomic E-state index is -7.75. The smallest absolute Gasteiger partial charge is 0.203 e. The first-order valence-electron chi connectivity index (χ1n) is 5.83. The van der Waals surface area contributed by atoms with Crippen LogP contribution in [0.3, 0.4) is 0 Å². The van der Waals surface area contributed by atoms with Crippen molar-refractivity contribution in [2.45, 2.75) is 61.2 Å². The van der Waals surface area contributed by atoms with Gasteiger partial charge in [0.15, 0.2) is 0 Å². The van der Waals surface area contributed by atoms with Gasteiger partial charge in [-0.25, -0.2) is 8.78 Å². The third-order valence-electron chi connectivity index (χ3n) is 3.00. The molecule has 0 nitrogen and oxygen atoms in total. The predicted molar refractivity (Wildman–Crippen MR) is 50.9 cm³/mol. The Morgan fingerprint density at radius 2 is 0.846 bits per heavy atom. The molecular formula is C10H6F16. The average Bonchev–Trinajstić information content (AvgIpc) is 2.34. The van der Waals surface area contributed by atoms with Crippen molar-refractivity contribution in [1.82, 2.24) is 0 Å². The summed E-state index contributed by atoms with van der Waals surface area (Å²) in [6, 6.07) is 0. The molecule has 0 heterocycles. The van der Waals surface area contributed by atoms with Crippen molar-refractivity contribution in [2.24, 2.45) is 0 Å². The number of alkyl halides is 16. The zero-order chi connectivity index (χ0) is 21.8. The number of hydrogen-bond donors (Lipinski definition) is 0. The first-order valence-corrected chi connectivity index (χ1v) is 5.83. The summed E-state index contributed by atoms with van der Waals surface area (Å²) in [7, 11) is 0. The second-order valence-corrected chi connectivity index (χ2v) is 5.12.